The van der Waals surface area contributed by atoms with E-state index in [1.165, 1.54) is 25.7 Å². The van der Waals surface area contributed by atoms with Crippen molar-refractivity contribution in [3.05, 3.63) is 0 Å². The summed E-state index contributed by atoms with van der Waals surface area (Å²) in [6.07, 6.45) is 8.92. The minimum absolute atomic E-state index is 0. The van der Waals surface area contributed by atoms with Gasteiger partial charge in [0, 0.05) is 5.97 Å². The van der Waals surface area contributed by atoms with Crippen LogP contribution in [0.5, 0.6) is 0 Å². The molecule has 0 amide bonds. The number of carbonyl (C=O) groups excluding carboxylic acids is 1. The van der Waals surface area contributed by atoms with E-state index >= 15 is 0 Å². The minimum Gasteiger partial charge on any atom is -0.550 e. The molecule has 0 aromatic carbocycles. The van der Waals surface area contributed by atoms with Crippen molar-refractivity contribution < 1.29 is 71.5 Å². The van der Waals surface area contributed by atoms with Crippen molar-refractivity contribution in [1.29, 1.82) is 0 Å². The number of hydrogen-bond acceptors (Lipinski definition) is 4. The first kappa shape index (κ1) is 24.7. The first-order valence-corrected chi connectivity index (χ1v) is 11.7. The SMILES string of the molecule is C[C@H](CCC(=O)[O-])[C@H]1CCC2C3CCC4C[C@H](O)CC[C@]4(C)C3C(O)C[C@@]21C.[K+]. The van der Waals surface area contributed by atoms with Crippen molar-refractivity contribution in [2.24, 2.45) is 46.3 Å². The summed E-state index contributed by atoms with van der Waals surface area (Å²) in [7, 11) is 0. The molecular formula is C24H39KO4. The molecule has 0 heterocycles. The summed E-state index contributed by atoms with van der Waals surface area (Å²) < 4.78 is 0. The van der Waals surface area contributed by atoms with Gasteiger partial charge in [-0.3, -0.25) is 0 Å². The fourth-order valence-electron chi connectivity index (χ4n) is 8.88. The van der Waals surface area contributed by atoms with Crippen LogP contribution in [0.2, 0.25) is 0 Å². The maximum Gasteiger partial charge on any atom is 1.00 e. The van der Waals surface area contributed by atoms with Crippen LogP contribution in [0.25, 0.3) is 0 Å². The van der Waals surface area contributed by atoms with Crippen LogP contribution in [-0.4, -0.2) is 28.4 Å². The molecule has 10 atom stereocenters. The molecule has 0 saturated heterocycles. The smallest absolute Gasteiger partial charge is 0.550 e. The molecule has 0 radical (unpaired) electrons. The molecule has 0 aliphatic heterocycles. The van der Waals surface area contributed by atoms with Gasteiger partial charge in [0.2, 0.25) is 0 Å². The Balaban J connectivity index is 0.00000240. The maximum absolute atomic E-state index is 11.4. The molecule has 160 valence electrons. The van der Waals surface area contributed by atoms with E-state index in [0.29, 0.717) is 41.9 Å². The molecule has 0 spiro atoms. The van der Waals surface area contributed by atoms with Crippen molar-refractivity contribution in [2.45, 2.75) is 97.2 Å². The van der Waals surface area contributed by atoms with Crippen LogP contribution in [0.15, 0.2) is 0 Å². The molecule has 0 aromatic rings. The maximum atomic E-state index is 11.4. The first-order valence-electron chi connectivity index (χ1n) is 11.7. The Labute approximate surface area is 219 Å². The number of aliphatic carboxylic acids is 1. The van der Waals surface area contributed by atoms with Crippen molar-refractivity contribution in [3.63, 3.8) is 0 Å². The fourth-order valence-corrected chi connectivity index (χ4v) is 8.88. The predicted octanol–water partition coefficient (Wildman–Crippen LogP) is 0.147. The topological polar surface area (TPSA) is 80.6 Å². The van der Waals surface area contributed by atoms with Crippen molar-refractivity contribution in [3.8, 4) is 0 Å². The van der Waals surface area contributed by atoms with E-state index in [1.54, 1.807) is 0 Å². The Morgan fingerprint density at radius 2 is 1.83 bits per heavy atom. The molecule has 0 bridgehead atoms. The van der Waals surface area contributed by atoms with Gasteiger partial charge in [-0.1, -0.05) is 20.8 Å². The molecule has 4 aliphatic rings. The predicted molar refractivity (Wildman–Crippen MR) is 106 cm³/mol. The number of aliphatic hydroxyl groups is 2. The number of carboxylic acid groups (broad SMARTS) is 1. The number of carbonyl (C=O) groups is 1. The molecule has 4 nitrogen and oxygen atoms in total. The Morgan fingerprint density at radius 1 is 1.10 bits per heavy atom. The third kappa shape index (κ3) is 4.20. The second-order valence-corrected chi connectivity index (χ2v) is 11.4. The van der Waals surface area contributed by atoms with Gasteiger partial charge in [0.05, 0.1) is 12.2 Å². The van der Waals surface area contributed by atoms with E-state index in [4.69, 9.17) is 0 Å². The molecule has 4 saturated carbocycles. The summed E-state index contributed by atoms with van der Waals surface area (Å²) in [6.45, 7) is 7.00. The number of hydrogen-bond donors (Lipinski definition) is 2. The Hall–Kier alpha value is 1.03. The van der Waals surface area contributed by atoms with Crippen LogP contribution in [0.4, 0.5) is 0 Å². The molecule has 5 heteroatoms. The van der Waals surface area contributed by atoms with E-state index in [2.05, 4.69) is 20.8 Å². The third-order valence-corrected chi connectivity index (χ3v) is 10.1. The zero-order valence-corrected chi connectivity index (χ0v) is 22.0. The summed E-state index contributed by atoms with van der Waals surface area (Å²) in [5.41, 5.74) is 0.297. The van der Waals surface area contributed by atoms with Gasteiger partial charge in [0.25, 0.3) is 0 Å². The largest absolute Gasteiger partial charge is 1.00 e. The zero-order chi connectivity index (χ0) is 20.3. The van der Waals surface area contributed by atoms with Crippen LogP contribution in [0.1, 0.15) is 85.0 Å². The molecular weight excluding hydrogens is 391 g/mol. The van der Waals surface area contributed by atoms with E-state index in [-0.39, 0.29) is 80.8 Å². The normalized spacial score (nSPS) is 49.9. The fraction of sp³-hybridized carbons (Fsp3) is 0.958. The second-order valence-electron chi connectivity index (χ2n) is 11.4. The van der Waals surface area contributed by atoms with Gasteiger partial charge in [-0.25, -0.2) is 0 Å². The van der Waals surface area contributed by atoms with Crippen LogP contribution < -0.4 is 56.5 Å². The van der Waals surface area contributed by atoms with Crippen LogP contribution in [-0.2, 0) is 4.79 Å². The summed E-state index contributed by atoms with van der Waals surface area (Å²) in [6, 6.07) is 0. The Bertz CT molecular complexity index is 612. The monoisotopic (exact) mass is 430 g/mol. The van der Waals surface area contributed by atoms with Gasteiger partial charge >= 0.3 is 51.4 Å². The van der Waals surface area contributed by atoms with E-state index in [1.807, 2.05) is 0 Å². The van der Waals surface area contributed by atoms with Crippen LogP contribution >= 0.6 is 0 Å². The van der Waals surface area contributed by atoms with Crippen molar-refractivity contribution in [2.75, 3.05) is 0 Å². The number of fused-ring (bicyclic) bond motifs is 5. The standard InChI is InChI=1S/C24H40O4.K/c1-14(4-9-21(27)28)18-7-8-19-17-6-5-15-12-16(25)10-11-23(15,2)22(17)20(26)13-24(18,19)3;/h14-20,22,25-26H,4-13H2,1-3H3,(H,27,28);/q;+1/p-1/t14-,15?,16-,17?,18-,19?,20?,22?,23+,24-;/m1./s1. The van der Waals surface area contributed by atoms with Gasteiger partial charge < -0.3 is 20.1 Å². The Kier molecular flexibility index (Phi) is 7.75. The van der Waals surface area contributed by atoms with Crippen LogP contribution in [0.3, 0.4) is 0 Å². The molecule has 29 heavy (non-hydrogen) atoms. The molecule has 0 aromatic heterocycles. The Morgan fingerprint density at radius 3 is 2.52 bits per heavy atom. The summed E-state index contributed by atoms with van der Waals surface area (Å²) in [4.78, 5) is 10.9. The van der Waals surface area contributed by atoms with Gasteiger partial charge in [-0.2, -0.15) is 0 Å². The minimum atomic E-state index is -0.943. The molecule has 2 N–H and O–H groups in total. The molecule has 4 rings (SSSR count). The second kappa shape index (κ2) is 9.11. The average molecular weight is 431 g/mol. The van der Waals surface area contributed by atoms with E-state index in [9.17, 15) is 20.1 Å². The number of aliphatic hydroxyl groups excluding tert-OH is 2. The van der Waals surface area contributed by atoms with Crippen molar-refractivity contribution >= 4 is 5.97 Å². The van der Waals surface area contributed by atoms with E-state index in [0.717, 1.165) is 25.7 Å². The summed E-state index contributed by atoms with van der Waals surface area (Å²) in [5, 5.41) is 32.6. The third-order valence-electron chi connectivity index (χ3n) is 10.1. The number of carboxylic acids is 1. The molecule has 4 aliphatic carbocycles. The first-order chi connectivity index (χ1) is 13.2. The zero-order valence-electron chi connectivity index (χ0n) is 18.9. The quantitative estimate of drug-likeness (QED) is 0.622. The van der Waals surface area contributed by atoms with E-state index < -0.39 is 5.97 Å². The van der Waals surface area contributed by atoms with Gasteiger partial charge in [0.1, 0.15) is 0 Å². The van der Waals surface area contributed by atoms with Crippen molar-refractivity contribution in [1.82, 2.24) is 0 Å². The van der Waals surface area contributed by atoms with Gasteiger partial charge in [0.15, 0.2) is 0 Å². The average Bonchev–Trinajstić information content (AvgIpc) is 2.96. The van der Waals surface area contributed by atoms with Gasteiger partial charge in [-0.15, -0.1) is 0 Å². The van der Waals surface area contributed by atoms with Crippen LogP contribution in [0, 0.1) is 46.3 Å². The van der Waals surface area contributed by atoms with Gasteiger partial charge in [-0.05, 0) is 111 Å². The summed E-state index contributed by atoms with van der Waals surface area (Å²) in [5.74, 6) is 2.09. The molecule has 4 fully saturated rings. The summed E-state index contributed by atoms with van der Waals surface area (Å²) >= 11 is 0. The molecule has 5 unspecified atom stereocenters. The number of rotatable bonds is 4.